The van der Waals surface area contributed by atoms with Crippen LogP contribution >= 0.6 is 0 Å². The smallest absolute Gasteiger partial charge is 0.407 e. The lowest BCUT2D eigenvalue weighted by Gasteiger charge is -2.43. The predicted octanol–water partition coefficient (Wildman–Crippen LogP) is 2.22. The van der Waals surface area contributed by atoms with Crippen LogP contribution in [0.5, 0.6) is 0 Å². The zero-order valence-electron chi connectivity index (χ0n) is 21.0. The van der Waals surface area contributed by atoms with Crippen molar-refractivity contribution < 1.29 is 32.7 Å². The molecule has 0 bridgehead atoms. The molecule has 1 unspecified atom stereocenters. The van der Waals surface area contributed by atoms with Crippen molar-refractivity contribution in [3.63, 3.8) is 0 Å². The van der Waals surface area contributed by atoms with Crippen LogP contribution in [-0.2, 0) is 27.4 Å². The first-order valence-corrected chi connectivity index (χ1v) is 12.9. The van der Waals surface area contributed by atoms with Crippen molar-refractivity contribution in [3.8, 4) is 0 Å². The molecule has 3 fully saturated rings. The number of hydrogen-bond acceptors (Lipinski definition) is 6. The molecule has 1 atom stereocenters. The van der Waals surface area contributed by atoms with Gasteiger partial charge in [0.15, 0.2) is 0 Å². The first-order chi connectivity index (χ1) is 18.7. The number of carbonyl (C=O) groups excluding carboxylic acids is 4. The Balaban J connectivity index is 0.945. The molecule has 10 nitrogen and oxygen atoms in total. The van der Waals surface area contributed by atoms with E-state index in [1.54, 1.807) is 14.7 Å². The molecule has 0 aromatic heterocycles. The summed E-state index contributed by atoms with van der Waals surface area (Å²) in [5.74, 6) is -3.91. The van der Waals surface area contributed by atoms with Gasteiger partial charge in [0.05, 0.1) is 25.0 Å². The van der Waals surface area contributed by atoms with Crippen LogP contribution in [0.1, 0.15) is 35.4 Å². The SMILES string of the molecule is O=C1CCC(c2c(F)cc(N3CC(NC(=O)OC4CN(C(=O)N5Cc6ccccc6C5)C4)C3)cc2F)C(=O)N1. The van der Waals surface area contributed by atoms with E-state index in [4.69, 9.17) is 4.74 Å². The van der Waals surface area contributed by atoms with Gasteiger partial charge in [-0.15, -0.1) is 0 Å². The lowest BCUT2D eigenvalue weighted by atomic mass is 9.89. The topological polar surface area (TPSA) is 111 Å². The van der Waals surface area contributed by atoms with Gasteiger partial charge in [-0.1, -0.05) is 24.3 Å². The van der Waals surface area contributed by atoms with Crippen molar-refractivity contribution in [1.29, 1.82) is 0 Å². The fraction of sp³-hybridized carbons (Fsp3) is 0.407. The Morgan fingerprint density at radius 2 is 1.59 bits per heavy atom. The molecule has 5 amide bonds. The second kappa shape index (κ2) is 9.83. The summed E-state index contributed by atoms with van der Waals surface area (Å²) in [6.45, 7) is 2.46. The number of alkyl carbamates (subject to hydrolysis) is 1. The number of urea groups is 1. The zero-order valence-corrected chi connectivity index (χ0v) is 21.0. The maximum atomic E-state index is 14.8. The van der Waals surface area contributed by atoms with Crippen molar-refractivity contribution in [2.75, 3.05) is 31.1 Å². The fourth-order valence-electron chi connectivity index (χ4n) is 5.53. The third kappa shape index (κ3) is 4.86. The molecule has 2 N–H and O–H groups in total. The third-order valence-corrected chi connectivity index (χ3v) is 7.72. The first kappa shape index (κ1) is 25.1. The van der Waals surface area contributed by atoms with Crippen molar-refractivity contribution in [1.82, 2.24) is 20.4 Å². The van der Waals surface area contributed by atoms with Crippen LogP contribution in [0.3, 0.4) is 0 Å². The van der Waals surface area contributed by atoms with Crippen LogP contribution in [0.2, 0.25) is 0 Å². The zero-order chi connectivity index (χ0) is 27.3. The molecule has 2 aromatic carbocycles. The summed E-state index contributed by atoms with van der Waals surface area (Å²) in [7, 11) is 0. The van der Waals surface area contributed by atoms with E-state index >= 15 is 0 Å². The Morgan fingerprint density at radius 1 is 0.949 bits per heavy atom. The fourth-order valence-corrected chi connectivity index (χ4v) is 5.53. The molecule has 0 spiro atoms. The average Bonchev–Trinajstić information content (AvgIpc) is 3.28. The number of nitrogens with one attached hydrogen (secondary N) is 2. The molecule has 0 saturated carbocycles. The van der Waals surface area contributed by atoms with E-state index in [0.717, 1.165) is 23.3 Å². The lowest BCUT2D eigenvalue weighted by molar-refractivity contribution is -0.134. The molecule has 204 valence electrons. The molecule has 3 saturated heterocycles. The van der Waals surface area contributed by atoms with Crippen LogP contribution in [0.25, 0.3) is 0 Å². The van der Waals surface area contributed by atoms with E-state index in [9.17, 15) is 28.0 Å². The van der Waals surface area contributed by atoms with Gasteiger partial charge < -0.3 is 24.8 Å². The van der Waals surface area contributed by atoms with Gasteiger partial charge in [0, 0.05) is 43.9 Å². The summed E-state index contributed by atoms with van der Waals surface area (Å²) < 4.78 is 35.0. The van der Waals surface area contributed by atoms with Gasteiger partial charge in [0.1, 0.15) is 17.7 Å². The van der Waals surface area contributed by atoms with E-state index in [1.807, 2.05) is 24.3 Å². The Labute approximate surface area is 222 Å². The number of imide groups is 1. The number of carbonyl (C=O) groups is 4. The average molecular weight is 540 g/mol. The first-order valence-electron chi connectivity index (χ1n) is 12.9. The van der Waals surface area contributed by atoms with Crippen molar-refractivity contribution in [2.24, 2.45) is 0 Å². The highest BCUT2D eigenvalue weighted by Gasteiger charge is 2.39. The molecular weight excluding hydrogens is 512 g/mol. The summed E-state index contributed by atoms with van der Waals surface area (Å²) in [4.78, 5) is 53.5. The van der Waals surface area contributed by atoms with Crippen molar-refractivity contribution >= 4 is 29.6 Å². The second-order valence-electron chi connectivity index (χ2n) is 10.4. The van der Waals surface area contributed by atoms with Gasteiger partial charge in [-0.25, -0.2) is 18.4 Å². The molecule has 0 radical (unpaired) electrons. The minimum Gasteiger partial charge on any atom is -0.442 e. The van der Waals surface area contributed by atoms with Gasteiger partial charge in [0.2, 0.25) is 11.8 Å². The highest BCUT2D eigenvalue weighted by atomic mass is 19.1. The number of piperidine rings is 1. The molecular formula is C27H27F2N5O5. The van der Waals surface area contributed by atoms with Crippen LogP contribution in [-0.4, -0.2) is 72.1 Å². The molecule has 4 heterocycles. The molecule has 39 heavy (non-hydrogen) atoms. The van der Waals surface area contributed by atoms with Crippen LogP contribution < -0.4 is 15.5 Å². The van der Waals surface area contributed by atoms with Crippen molar-refractivity contribution in [2.45, 2.75) is 44.0 Å². The summed E-state index contributed by atoms with van der Waals surface area (Å²) in [5, 5.41) is 4.86. The Morgan fingerprint density at radius 3 is 2.21 bits per heavy atom. The van der Waals surface area contributed by atoms with Crippen LogP contribution in [0, 0.1) is 11.6 Å². The van der Waals surface area contributed by atoms with Crippen LogP contribution in [0.4, 0.5) is 24.1 Å². The summed E-state index contributed by atoms with van der Waals surface area (Å²) in [5.41, 5.74) is 2.24. The molecule has 4 aliphatic rings. The molecule has 2 aromatic rings. The summed E-state index contributed by atoms with van der Waals surface area (Å²) >= 11 is 0. The van der Waals surface area contributed by atoms with E-state index in [1.165, 1.54) is 0 Å². The Hall–Kier alpha value is -4.22. The van der Waals surface area contributed by atoms with Gasteiger partial charge in [-0.2, -0.15) is 0 Å². The number of rotatable bonds is 4. The predicted molar refractivity (Wildman–Crippen MR) is 134 cm³/mol. The number of ether oxygens (including phenoxy) is 1. The minimum atomic E-state index is -1.05. The number of amides is 5. The number of halogens is 2. The minimum absolute atomic E-state index is 0.0229. The van der Waals surface area contributed by atoms with Crippen molar-refractivity contribution in [3.05, 3.63) is 64.7 Å². The quantitative estimate of drug-likeness (QED) is 0.577. The van der Waals surface area contributed by atoms with Gasteiger partial charge in [-0.3, -0.25) is 14.9 Å². The normalized spacial score (nSPS) is 21.2. The molecule has 0 aliphatic carbocycles. The summed E-state index contributed by atoms with van der Waals surface area (Å²) in [6.07, 6.45) is -0.918. The summed E-state index contributed by atoms with van der Waals surface area (Å²) in [6, 6.07) is 9.92. The second-order valence-corrected chi connectivity index (χ2v) is 10.4. The molecule has 6 rings (SSSR count). The molecule has 12 heteroatoms. The highest BCUT2D eigenvalue weighted by molar-refractivity contribution is 6.01. The molecule has 4 aliphatic heterocycles. The number of anilines is 1. The van der Waals surface area contributed by atoms with Gasteiger partial charge >= 0.3 is 12.1 Å². The lowest BCUT2D eigenvalue weighted by Crippen LogP contribution is -2.62. The number of hydrogen-bond donors (Lipinski definition) is 2. The Bertz CT molecular complexity index is 1310. The van der Waals surface area contributed by atoms with E-state index in [2.05, 4.69) is 10.6 Å². The standard InChI is InChI=1S/C27H27F2N5O5/c28-21-7-18(8-22(29)24(21)20-5-6-23(35)31-25(20)36)32-11-17(12-32)30-26(37)39-19-13-34(14-19)27(38)33-9-15-3-1-2-4-16(15)10-33/h1-4,7-8,17,19-20H,5-6,9-14H2,(H,30,37)(H,31,35,36). The largest absolute Gasteiger partial charge is 0.442 e. The highest BCUT2D eigenvalue weighted by Crippen LogP contribution is 2.33. The number of fused-ring (bicyclic) bond motifs is 1. The van der Waals surface area contributed by atoms with Gasteiger partial charge in [-0.05, 0) is 29.7 Å². The van der Waals surface area contributed by atoms with Gasteiger partial charge in [0.25, 0.3) is 0 Å². The number of benzene rings is 2. The van der Waals surface area contributed by atoms with E-state index in [-0.39, 0.29) is 30.5 Å². The maximum Gasteiger partial charge on any atom is 0.407 e. The maximum absolute atomic E-state index is 14.8. The van der Waals surface area contributed by atoms with Crippen LogP contribution in [0.15, 0.2) is 36.4 Å². The van der Waals surface area contributed by atoms with E-state index < -0.39 is 41.6 Å². The van der Waals surface area contributed by atoms with E-state index in [0.29, 0.717) is 45.0 Å². The monoisotopic (exact) mass is 539 g/mol. The number of nitrogens with zero attached hydrogens (tertiary/aromatic N) is 3. The Kier molecular flexibility index (Phi) is 6.32. The third-order valence-electron chi connectivity index (χ3n) is 7.72. The number of likely N-dealkylation sites (tertiary alicyclic amines) is 1.